The van der Waals surface area contributed by atoms with Gasteiger partial charge < -0.3 is 9.84 Å². The number of nitrogens with zero attached hydrogens (tertiary/aromatic N) is 2. The predicted molar refractivity (Wildman–Crippen MR) is 152 cm³/mol. The lowest BCUT2D eigenvalue weighted by molar-refractivity contribution is -0.142. The van der Waals surface area contributed by atoms with Gasteiger partial charge in [-0.15, -0.1) is 22.7 Å². The average molecular weight is 589 g/mol. The van der Waals surface area contributed by atoms with Crippen molar-refractivity contribution in [1.82, 2.24) is 9.80 Å². The van der Waals surface area contributed by atoms with Crippen LogP contribution in [0.1, 0.15) is 34.1 Å². The number of aromatic hydroxyl groups is 1. The molecule has 1 saturated carbocycles. The zero-order chi connectivity index (χ0) is 28.4. The fourth-order valence-corrected chi connectivity index (χ4v) is 8.80. The first-order valence-corrected chi connectivity index (χ1v) is 15.4. The summed E-state index contributed by atoms with van der Waals surface area (Å²) in [5.41, 5.74) is 1.67. The highest BCUT2D eigenvalue weighted by atomic mass is 32.1. The van der Waals surface area contributed by atoms with Crippen LogP contribution in [0.25, 0.3) is 0 Å². The van der Waals surface area contributed by atoms with Crippen molar-refractivity contribution in [3.63, 3.8) is 0 Å². The fraction of sp³-hybridized carbons (Fsp3) is 0.355. The summed E-state index contributed by atoms with van der Waals surface area (Å²) in [7, 11) is 1.47. The SMILES string of the molecule is COc1cc(C2C3=CCC4C(=O)N(Cc5cccs5)C(=O)C4C3CC3C(=O)N(Cc4cccs4)C(=O)C32)ccc1O. The Morgan fingerprint density at radius 1 is 0.829 bits per heavy atom. The van der Waals surface area contributed by atoms with Crippen molar-refractivity contribution in [1.29, 1.82) is 0 Å². The third-order valence-corrected chi connectivity index (χ3v) is 10.9. The molecule has 210 valence electrons. The number of carbonyl (C=O) groups excluding carboxylic acids is 4. The van der Waals surface area contributed by atoms with Gasteiger partial charge in [0.05, 0.1) is 43.9 Å². The van der Waals surface area contributed by atoms with E-state index < -0.39 is 29.6 Å². The summed E-state index contributed by atoms with van der Waals surface area (Å²) in [6.45, 7) is 0.469. The van der Waals surface area contributed by atoms with E-state index in [0.29, 0.717) is 12.8 Å². The number of carbonyl (C=O) groups is 4. The minimum atomic E-state index is -0.634. The molecule has 6 unspecified atom stereocenters. The van der Waals surface area contributed by atoms with Crippen molar-refractivity contribution < 1.29 is 29.0 Å². The van der Waals surface area contributed by atoms with E-state index in [2.05, 4.69) is 0 Å². The van der Waals surface area contributed by atoms with E-state index in [1.54, 1.807) is 12.1 Å². The van der Waals surface area contributed by atoms with Gasteiger partial charge in [0, 0.05) is 15.7 Å². The number of hydrogen-bond acceptors (Lipinski definition) is 8. The molecule has 3 aromatic rings. The Labute approximate surface area is 244 Å². The van der Waals surface area contributed by atoms with Gasteiger partial charge in [0.15, 0.2) is 11.5 Å². The fourth-order valence-electron chi connectivity index (χ4n) is 7.41. The number of ether oxygens (including phenoxy) is 1. The molecule has 0 bridgehead atoms. The van der Waals surface area contributed by atoms with E-state index >= 15 is 0 Å². The lowest BCUT2D eigenvalue weighted by Gasteiger charge is -2.44. The second-order valence-corrected chi connectivity index (χ2v) is 13.2. The number of likely N-dealkylation sites (tertiary alicyclic amines) is 2. The molecule has 0 spiro atoms. The van der Waals surface area contributed by atoms with E-state index in [9.17, 15) is 24.3 Å². The molecule has 1 aromatic carbocycles. The smallest absolute Gasteiger partial charge is 0.234 e. The first kappa shape index (κ1) is 26.2. The Morgan fingerprint density at radius 2 is 1.46 bits per heavy atom. The maximum Gasteiger partial charge on any atom is 0.234 e. The van der Waals surface area contributed by atoms with E-state index in [-0.39, 0.29) is 54.1 Å². The Kier molecular flexibility index (Phi) is 6.35. The molecule has 2 saturated heterocycles. The summed E-state index contributed by atoms with van der Waals surface area (Å²) >= 11 is 3.01. The van der Waals surface area contributed by atoms with E-state index in [1.807, 2.05) is 41.1 Å². The van der Waals surface area contributed by atoms with Gasteiger partial charge in [0.25, 0.3) is 0 Å². The number of phenols is 1. The maximum absolute atomic E-state index is 14.0. The van der Waals surface area contributed by atoms with Crippen LogP contribution in [0.4, 0.5) is 0 Å². The molecule has 6 atom stereocenters. The van der Waals surface area contributed by atoms with Crippen LogP contribution >= 0.6 is 22.7 Å². The lowest BCUT2D eigenvalue weighted by Crippen LogP contribution is -2.43. The van der Waals surface area contributed by atoms with Gasteiger partial charge in [0.2, 0.25) is 23.6 Å². The molecule has 4 aliphatic rings. The van der Waals surface area contributed by atoms with Crippen LogP contribution in [-0.4, -0.2) is 45.6 Å². The van der Waals surface area contributed by atoms with Crippen molar-refractivity contribution in [2.24, 2.45) is 29.6 Å². The molecule has 4 heterocycles. The van der Waals surface area contributed by atoms with Gasteiger partial charge in [-0.05, 0) is 59.3 Å². The van der Waals surface area contributed by atoms with Gasteiger partial charge in [-0.2, -0.15) is 0 Å². The number of amides is 4. The van der Waals surface area contributed by atoms with Crippen LogP contribution in [0.15, 0.2) is 64.9 Å². The number of fused-ring (bicyclic) bond motifs is 4. The summed E-state index contributed by atoms with van der Waals surface area (Å²) in [5.74, 6) is -3.67. The highest BCUT2D eigenvalue weighted by Gasteiger charge is 2.61. The number of hydrogen-bond donors (Lipinski definition) is 1. The third-order valence-electron chi connectivity index (χ3n) is 9.18. The molecule has 1 N–H and O–H groups in total. The van der Waals surface area contributed by atoms with Gasteiger partial charge >= 0.3 is 0 Å². The number of rotatable bonds is 6. The predicted octanol–water partition coefficient (Wildman–Crippen LogP) is 4.56. The molecule has 2 aromatic heterocycles. The van der Waals surface area contributed by atoms with E-state index in [4.69, 9.17) is 4.74 Å². The Balaban J connectivity index is 1.30. The van der Waals surface area contributed by atoms with Crippen molar-refractivity contribution in [2.45, 2.75) is 31.8 Å². The Morgan fingerprint density at radius 3 is 2.07 bits per heavy atom. The molecule has 2 aliphatic carbocycles. The number of allylic oxidation sites excluding steroid dienone is 2. The standard InChI is InChI=1S/C31H28N2O6S2/c1-39-24-12-16(6-9-23(24)34)25-19-7-8-20-26(30(37)32(28(20)35)14-17-4-2-10-40-17)21(19)13-22-27(25)31(38)33(29(22)36)15-18-5-3-11-41-18/h2-7,9-12,20-22,25-27,34H,8,13-15H2,1H3. The normalized spacial score (nSPS) is 29.0. The van der Waals surface area contributed by atoms with Crippen LogP contribution in [-0.2, 0) is 32.3 Å². The number of methoxy groups -OCH3 is 1. The Hall–Kier alpha value is -3.76. The van der Waals surface area contributed by atoms with Gasteiger partial charge in [-0.1, -0.05) is 29.8 Å². The van der Waals surface area contributed by atoms with Crippen LogP contribution < -0.4 is 4.74 Å². The zero-order valence-corrected chi connectivity index (χ0v) is 23.9. The molecular formula is C31H28N2O6S2. The van der Waals surface area contributed by atoms with Crippen LogP contribution in [0.5, 0.6) is 11.5 Å². The number of thiophene rings is 2. The van der Waals surface area contributed by atoms with Crippen LogP contribution in [0.3, 0.4) is 0 Å². The largest absolute Gasteiger partial charge is 0.504 e. The Bertz CT molecular complexity index is 1580. The minimum Gasteiger partial charge on any atom is -0.504 e. The summed E-state index contributed by atoms with van der Waals surface area (Å²) in [5, 5.41) is 14.1. The van der Waals surface area contributed by atoms with Crippen molar-refractivity contribution in [3.8, 4) is 11.5 Å². The molecule has 0 radical (unpaired) electrons. The number of benzene rings is 1. The first-order chi connectivity index (χ1) is 19.9. The van der Waals surface area contributed by atoms with Crippen LogP contribution in [0.2, 0.25) is 0 Å². The summed E-state index contributed by atoms with van der Waals surface area (Å²) in [6, 6.07) is 12.6. The second kappa shape index (κ2) is 9.95. The lowest BCUT2D eigenvalue weighted by atomic mass is 9.57. The van der Waals surface area contributed by atoms with E-state index in [0.717, 1.165) is 20.9 Å². The number of imide groups is 2. The van der Waals surface area contributed by atoms with Crippen LogP contribution in [0, 0.1) is 29.6 Å². The zero-order valence-electron chi connectivity index (χ0n) is 22.3. The van der Waals surface area contributed by atoms with Crippen molar-refractivity contribution in [3.05, 3.63) is 80.2 Å². The van der Waals surface area contributed by atoms with Gasteiger partial charge in [-0.25, -0.2) is 0 Å². The maximum atomic E-state index is 14.0. The minimum absolute atomic E-state index is 0.0215. The molecule has 4 amide bonds. The van der Waals surface area contributed by atoms with Crippen molar-refractivity contribution in [2.75, 3.05) is 7.11 Å². The molecular weight excluding hydrogens is 560 g/mol. The monoisotopic (exact) mass is 588 g/mol. The first-order valence-electron chi connectivity index (χ1n) is 13.7. The molecule has 41 heavy (non-hydrogen) atoms. The molecule has 10 heteroatoms. The molecule has 7 rings (SSSR count). The third kappa shape index (κ3) is 4.06. The van der Waals surface area contributed by atoms with Crippen molar-refractivity contribution >= 4 is 46.3 Å². The quantitative estimate of drug-likeness (QED) is 0.335. The van der Waals surface area contributed by atoms with Gasteiger partial charge in [-0.3, -0.25) is 29.0 Å². The van der Waals surface area contributed by atoms with Gasteiger partial charge in [0.1, 0.15) is 0 Å². The molecule has 8 nitrogen and oxygen atoms in total. The summed E-state index contributed by atoms with van der Waals surface area (Å²) < 4.78 is 5.39. The molecule has 3 fully saturated rings. The summed E-state index contributed by atoms with van der Waals surface area (Å²) in [4.78, 5) is 59.9. The highest BCUT2D eigenvalue weighted by molar-refractivity contribution is 7.10. The highest BCUT2D eigenvalue weighted by Crippen LogP contribution is 2.58. The molecule has 2 aliphatic heterocycles. The average Bonchev–Trinajstić information content (AvgIpc) is 3.77. The summed E-state index contributed by atoms with van der Waals surface area (Å²) in [6.07, 6.45) is 2.79. The topological polar surface area (TPSA) is 104 Å². The van der Waals surface area contributed by atoms with E-state index in [1.165, 1.54) is 45.6 Å². The second-order valence-electron chi connectivity index (χ2n) is 11.1. The number of phenolic OH excluding ortho intramolecular Hbond substituents is 1.